The van der Waals surface area contributed by atoms with Gasteiger partial charge in [-0.15, -0.1) is 0 Å². The molecule has 0 saturated heterocycles. The van der Waals surface area contributed by atoms with E-state index >= 15 is 0 Å². The molecule has 1 fully saturated rings. The number of hydrogen-bond acceptors (Lipinski definition) is 4. The van der Waals surface area contributed by atoms with Crippen molar-refractivity contribution < 1.29 is 13.6 Å². The standard InChI is InChI=1S/C11H23N3O3S/c1-9(2)6-8-18(16,17)14(10-3-4-10)7-5-11(12)13-15/h9-10,15H,3-8H2,1-2H3,(H2,12,13). The lowest BCUT2D eigenvalue weighted by atomic mass is 10.2. The van der Waals surface area contributed by atoms with Crippen molar-refractivity contribution in [2.75, 3.05) is 12.3 Å². The summed E-state index contributed by atoms with van der Waals surface area (Å²) in [7, 11) is -3.22. The van der Waals surface area contributed by atoms with Gasteiger partial charge in [0.25, 0.3) is 0 Å². The molecule has 0 aromatic heterocycles. The van der Waals surface area contributed by atoms with Crippen molar-refractivity contribution >= 4 is 15.9 Å². The van der Waals surface area contributed by atoms with Crippen LogP contribution in [0.25, 0.3) is 0 Å². The van der Waals surface area contributed by atoms with Gasteiger partial charge in [0.2, 0.25) is 10.0 Å². The Labute approximate surface area is 109 Å². The molecule has 0 spiro atoms. The van der Waals surface area contributed by atoms with Crippen molar-refractivity contribution in [3.05, 3.63) is 0 Å². The molecule has 3 N–H and O–H groups in total. The monoisotopic (exact) mass is 277 g/mol. The second-order valence-corrected chi connectivity index (χ2v) is 7.22. The zero-order chi connectivity index (χ0) is 13.8. The average Bonchev–Trinajstić information content (AvgIpc) is 3.10. The van der Waals surface area contributed by atoms with Crippen LogP contribution >= 0.6 is 0 Å². The molecular formula is C11H23N3O3S. The number of oxime groups is 1. The quantitative estimate of drug-likeness (QED) is 0.299. The number of hydrogen-bond donors (Lipinski definition) is 2. The molecule has 106 valence electrons. The summed E-state index contributed by atoms with van der Waals surface area (Å²) in [5.41, 5.74) is 5.39. The molecular weight excluding hydrogens is 254 g/mol. The van der Waals surface area contributed by atoms with Crippen LogP contribution in [0.3, 0.4) is 0 Å². The summed E-state index contributed by atoms with van der Waals surface area (Å²) in [5, 5.41) is 11.3. The highest BCUT2D eigenvalue weighted by Crippen LogP contribution is 2.30. The molecule has 0 aliphatic heterocycles. The van der Waals surface area contributed by atoms with E-state index < -0.39 is 10.0 Å². The Balaban J connectivity index is 2.60. The van der Waals surface area contributed by atoms with Gasteiger partial charge in [0.15, 0.2) is 0 Å². The zero-order valence-electron chi connectivity index (χ0n) is 11.0. The lowest BCUT2D eigenvalue weighted by Crippen LogP contribution is -2.37. The van der Waals surface area contributed by atoms with E-state index in [9.17, 15) is 8.42 Å². The third-order valence-electron chi connectivity index (χ3n) is 2.98. The van der Waals surface area contributed by atoms with Gasteiger partial charge in [0.1, 0.15) is 5.84 Å². The van der Waals surface area contributed by atoms with Crippen molar-refractivity contribution in [3.8, 4) is 0 Å². The van der Waals surface area contributed by atoms with Crippen molar-refractivity contribution in [2.24, 2.45) is 16.8 Å². The van der Waals surface area contributed by atoms with Gasteiger partial charge in [0.05, 0.1) is 5.75 Å². The Morgan fingerprint density at radius 3 is 2.56 bits per heavy atom. The number of rotatable bonds is 8. The van der Waals surface area contributed by atoms with Gasteiger partial charge in [-0.3, -0.25) is 0 Å². The zero-order valence-corrected chi connectivity index (χ0v) is 11.9. The summed E-state index contributed by atoms with van der Waals surface area (Å²) in [6.07, 6.45) is 2.76. The number of nitrogens with zero attached hydrogens (tertiary/aromatic N) is 2. The van der Waals surface area contributed by atoms with Crippen LogP contribution in [0.1, 0.15) is 39.5 Å². The fourth-order valence-electron chi connectivity index (χ4n) is 1.69. The van der Waals surface area contributed by atoms with Crippen LogP contribution < -0.4 is 5.73 Å². The fraction of sp³-hybridized carbons (Fsp3) is 0.909. The van der Waals surface area contributed by atoms with Gasteiger partial charge in [-0.1, -0.05) is 19.0 Å². The Hall–Kier alpha value is -0.820. The predicted molar refractivity (Wildman–Crippen MR) is 71.0 cm³/mol. The smallest absolute Gasteiger partial charge is 0.214 e. The van der Waals surface area contributed by atoms with Gasteiger partial charge in [-0.2, -0.15) is 4.31 Å². The van der Waals surface area contributed by atoms with E-state index in [1.54, 1.807) is 0 Å². The van der Waals surface area contributed by atoms with Crippen LogP contribution in [0.15, 0.2) is 5.16 Å². The van der Waals surface area contributed by atoms with Crippen LogP contribution in [-0.4, -0.2) is 42.1 Å². The van der Waals surface area contributed by atoms with Gasteiger partial charge in [-0.05, 0) is 25.2 Å². The lowest BCUT2D eigenvalue weighted by Gasteiger charge is -2.22. The molecule has 1 aliphatic rings. The number of amidine groups is 1. The minimum atomic E-state index is -3.22. The molecule has 1 aliphatic carbocycles. The molecule has 0 bridgehead atoms. The fourth-order valence-corrected chi connectivity index (χ4v) is 3.73. The topological polar surface area (TPSA) is 96.0 Å². The molecule has 1 saturated carbocycles. The minimum Gasteiger partial charge on any atom is -0.409 e. The second kappa shape index (κ2) is 6.38. The molecule has 7 heteroatoms. The van der Waals surface area contributed by atoms with E-state index in [0.29, 0.717) is 18.9 Å². The summed E-state index contributed by atoms with van der Waals surface area (Å²) in [5.74, 6) is 0.613. The van der Waals surface area contributed by atoms with Crippen LogP contribution in [0, 0.1) is 5.92 Å². The number of nitrogens with two attached hydrogens (primary N) is 1. The van der Waals surface area contributed by atoms with Gasteiger partial charge in [0, 0.05) is 19.0 Å². The summed E-state index contributed by atoms with van der Waals surface area (Å²) >= 11 is 0. The number of sulfonamides is 1. The van der Waals surface area contributed by atoms with E-state index in [0.717, 1.165) is 12.8 Å². The Bertz CT molecular complexity index is 388. The molecule has 0 unspecified atom stereocenters. The van der Waals surface area contributed by atoms with Crippen molar-refractivity contribution in [3.63, 3.8) is 0 Å². The molecule has 0 aromatic carbocycles. The highest BCUT2D eigenvalue weighted by Gasteiger charge is 2.36. The summed E-state index contributed by atoms with van der Waals surface area (Å²) in [6.45, 7) is 4.32. The molecule has 0 amide bonds. The largest absolute Gasteiger partial charge is 0.409 e. The first kappa shape index (κ1) is 15.2. The summed E-state index contributed by atoms with van der Waals surface area (Å²) in [4.78, 5) is 0. The van der Waals surface area contributed by atoms with Crippen molar-refractivity contribution in [1.29, 1.82) is 0 Å². The maximum Gasteiger partial charge on any atom is 0.214 e. The third kappa shape index (κ3) is 4.81. The highest BCUT2D eigenvalue weighted by atomic mass is 32.2. The van der Waals surface area contributed by atoms with E-state index in [4.69, 9.17) is 10.9 Å². The Kier molecular flexibility index (Phi) is 5.40. The van der Waals surface area contributed by atoms with Crippen LogP contribution in [0.4, 0.5) is 0 Å². The van der Waals surface area contributed by atoms with E-state index in [-0.39, 0.29) is 24.1 Å². The average molecular weight is 277 g/mol. The normalized spacial score (nSPS) is 17.7. The maximum absolute atomic E-state index is 12.2. The SMILES string of the molecule is CC(C)CCS(=O)(=O)N(CCC(N)=NO)C1CC1. The molecule has 0 aromatic rings. The Morgan fingerprint density at radius 1 is 1.50 bits per heavy atom. The molecule has 0 heterocycles. The predicted octanol–water partition coefficient (Wildman–Crippen LogP) is 0.963. The van der Waals surface area contributed by atoms with E-state index in [1.807, 2.05) is 13.8 Å². The first-order chi connectivity index (χ1) is 8.36. The first-order valence-electron chi connectivity index (χ1n) is 6.32. The molecule has 1 rings (SSSR count). The molecule has 18 heavy (non-hydrogen) atoms. The van der Waals surface area contributed by atoms with Crippen LogP contribution in [-0.2, 0) is 10.0 Å². The highest BCUT2D eigenvalue weighted by molar-refractivity contribution is 7.89. The first-order valence-corrected chi connectivity index (χ1v) is 7.93. The second-order valence-electron chi connectivity index (χ2n) is 5.18. The summed E-state index contributed by atoms with van der Waals surface area (Å²) < 4.78 is 25.9. The van der Waals surface area contributed by atoms with Crippen molar-refractivity contribution in [1.82, 2.24) is 4.31 Å². The van der Waals surface area contributed by atoms with Crippen LogP contribution in [0.2, 0.25) is 0 Å². The molecule has 0 radical (unpaired) electrons. The molecule has 0 atom stereocenters. The minimum absolute atomic E-state index is 0.0692. The lowest BCUT2D eigenvalue weighted by molar-refractivity contribution is 0.315. The third-order valence-corrected chi connectivity index (χ3v) is 4.93. The molecule has 6 nitrogen and oxygen atoms in total. The van der Waals surface area contributed by atoms with Crippen molar-refractivity contribution in [2.45, 2.75) is 45.6 Å². The van der Waals surface area contributed by atoms with Crippen LogP contribution in [0.5, 0.6) is 0 Å². The maximum atomic E-state index is 12.2. The summed E-state index contributed by atoms with van der Waals surface area (Å²) in [6, 6.07) is 0.119. The van der Waals surface area contributed by atoms with Gasteiger partial charge < -0.3 is 10.9 Å². The Morgan fingerprint density at radius 2 is 2.11 bits per heavy atom. The van der Waals surface area contributed by atoms with E-state index in [2.05, 4.69) is 5.16 Å². The van der Waals surface area contributed by atoms with Gasteiger partial charge in [-0.25, -0.2) is 8.42 Å². The van der Waals surface area contributed by atoms with E-state index in [1.165, 1.54) is 4.31 Å². The van der Waals surface area contributed by atoms with Gasteiger partial charge >= 0.3 is 0 Å².